The molecule has 0 bridgehead atoms. The minimum absolute atomic E-state index is 0.0183. The molecule has 0 saturated heterocycles. The number of ketones is 1. The third-order valence-corrected chi connectivity index (χ3v) is 8.73. The zero-order chi connectivity index (χ0) is 27.8. The Morgan fingerprint density at radius 3 is 2.52 bits per heavy atom. The Balaban J connectivity index is 1.36. The van der Waals surface area contributed by atoms with Crippen LogP contribution in [-0.2, 0) is 20.7 Å². The van der Waals surface area contributed by atoms with Crippen LogP contribution in [0.15, 0.2) is 87.5 Å². The highest BCUT2D eigenvalue weighted by atomic mass is 79.9. The number of carbonyl (C=O) groups is 2. The highest BCUT2D eigenvalue weighted by Crippen LogP contribution is 2.50. The van der Waals surface area contributed by atoms with Crippen molar-refractivity contribution in [2.75, 3.05) is 13.4 Å². The zero-order valence-electron chi connectivity index (χ0n) is 21.9. The Morgan fingerprint density at radius 2 is 1.77 bits per heavy atom. The van der Waals surface area contributed by atoms with Crippen LogP contribution >= 0.6 is 27.5 Å². The van der Waals surface area contributed by atoms with Gasteiger partial charge in [0, 0.05) is 45.2 Å². The molecule has 0 amide bonds. The highest BCUT2D eigenvalue weighted by Gasteiger charge is 2.46. The maximum Gasteiger partial charge on any atom is 0.315 e. The molecule has 6 rings (SSSR count). The molecule has 3 aromatic rings. The number of hydrogen-bond acceptors (Lipinski definition) is 6. The summed E-state index contributed by atoms with van der Waals surface area (Å²) in [5, 5.41) is 0.652. The van der Waals surface area contributed by atoms with E-state index in [4.69, 9.17) is 30.8 Å². The van der Waals surface area contributed by atoms with Gasteiger partial charge in [-0.25, -0.2) is 0 Å². The van der Waals surface area contributed by atoms with Crippen molar-refractivity contribution in [1.29, 1.82) is 0 Å². The predicted octanol–water partition coefficient (Wildman–Crippen LogP) is 7.19. The van der Waals surface area contributed by atoms with Gasteiger partial charge < -0.3 is 14.2 Å². The molecule has 1 aliphatic carbocycles. The van der Waals surface area contributed by atoms with E-state index >= 15 is 0 Å². The maximum atomic E-state index is 13.9. The summed E-state index contributed by atoms with van der Waals surface area (Å²) in [7, 11) is 0. The van der Waals surface area contributed by atoms with Crippen molar-refractivity contribution in [2.45, 2.75) is 38.0 Å². The molecule has 204 valence electrons. The van der Waals surface area contributed by atoms with Gasteiger partial charge in [-0.3, -0.25) is 14.6 Å². The van der Waals surface area contributed by atoms with Gasteiger partial charge in [-0.05, 0) is 60.2 Å². The lowest BCUT2D eigenvalue weighted by molar-refractivity contribution is -0.146. The van der Waals surface area contributed by atoms with Crippen LogP contribution in [0.1, 0.15) is 48.3 Å². The number of ether oxygens (including phenoxy) is 3. The molecular formula is C32H27BrClNO5. The van der Waals surface area contributed by atoms with Gasteiger partial charge in [0.05, 0.1) is 6.61 Å². The number of fused-ring (bicyclic) bond motifs is 1. The van der Waals surface area contributed by atoms with Gasteiger partial charge in [0.25, 0.3) is 0 Å². The largest absolute Gasteiger partial charge is 0.465 e. The Hall–Kier alpha value is -3.42. The minimum atomic E-state index is -0.748. The monoisotopic (exact) mass is 619 g/mol. The molecule has 0 fully saturated rings. The predicted molar refractivity (Wildman–Crippen MR) is 156 cm³/mol. The van der Waals surface area contributed by atoms with Gasteiger partial charge in [-0.15, -0.1) is 0 Å². The topological polar surface area (TPSA) is 74.2 Å². The van der Waals surface area contributed by atoms with Gasteiger partial charge in [-0.1, -0.05) is 70.0 Å². The average molecular weight is 621 g/mol. The maximum absolute atomic E-state index is 13.9. The lowest BCUT2D eigenvalue weighted by atomic mass is 9.69. The fraction of sp³-hybridized carbons (Fsp3) is 0.281. The van der Waals surface area contributed by atoms with Gasteiger partial charge in [0.2, 0.25) is 6.79 Å². The lowest BCUT2D eigenvalue weighted by Gasteiger charge is -2.37. The number of carbonyl (C=O) groups excluding carboxylic acids is 2. The molecular weight excluding hydrogens is 594 g/mol. The molecule has 8 heteroatoms. The van der Waals surface area contributed by atoms with Crippen molar-refractivity contribution < 1.29 is 23.8 Å². The van der Waals surface area contributed by atoms with E-state index in [0.29, 0.717) is 47.1 Å². The molecule has 3 aromatic carbocycles. The third-order valence-electron chi connectivity index (χ3n) is 7.79. The summed E-state index contributed by atoms with van der Waals surface area (Å²) in [6, 6.07) is 21.2. The standard InChI is InChI=1S/C32H27BrClNO5/c1-18-29(32(37)38-12-11-19-5-3-2-4-6-19)30(23-15-27-28(16-24(23)33)40-17-39-27)31-25(35-18)13-21(14-26(31)36)20-7-9-22(34)10-8-20/h2-10,15-16,21,29-30H,11-14,17H2,1H3/t21-,29?,30+/m0/s1. The summed E-state index contributed by atoms with van der Waals surface area (Å²) in [5.41, 5.74) is 4.81. The Labute approximate surface area is 246 Å². The van der Waals surface area contributed by atoms with Crippen LogP contribution in [0.25, 0.3) is 0 Å². The first-order chi connectivity index (χ1) is 19.4. The fourth-order valence-electron chi connectivity index (χ4n) is 5.85. The summed E-state index contributed by atoms with van der Waals surface area (Å²) < 4.78 is 17.8. The quantitative estimate of drug-likeness (QED) is 0.273. The van der Waals surface area contributed by atoms with Crippen molar-refractivity contribution in [1.82, 2.24) is 0 Å². The smallest absolute Gasteiger partial charge is 0.315 e. The van der Waals surface area contributed by atoms with E-state index in [0.717, 1.165) is 26.9 Å². The normalized spacial score (nSPS) is 21.6. The summed E-state index contributed by atoms with van der Waals surface area (Å²) >= 11 is 9.79. The second-order valence-electron chi connectivity index (χ2n) is 10.3. The fourth-order valence-corrected chi connectivity index (χ4v) is 6.54. The van der Waals surface area contributed by atoms with Crippen molar-refractivity contribution in [3.63, 3.8) is 0 Å². The molecule has 3 aliphatic rings. The van der Waals surface area contributed by atoms with Gasteiger partial charge >= 0.3 is 5.97 Å². The van der Waals surface area contributed by atoms with Crippen LogP contribution in [0.3, 0.4) is 0 Å². The van der Waals surface area contributed by atoms with E-state index in [-0.39, 0.29) is 25.1 Å². The number of allylic oxidation sites excluding steroid dienone is 2. The molecule has 0 N–H and O–H groups in total. The molecule has 6 nitrogen and oxygen atoms in total. The van der Waals surface area contributed by atoms with Crippen LogP contribution < -0.4 is 9.47 Å². The van der Waals surface area contributed by atoms with Crippen molar-refractivity contribution in [2.24, 2.45) is 10.9 Å². The first kappa shape index (κ1) is 26.8. The molecule has 40 heavy (non-hydrogen) atoms. The van der Waals surface area contributed by atoms with E-state index in [1.54, 1.807) is 0 Å². The van der Waals surface area contributed by atoms with Crippen molar-refractivity contribution in [3.05, 3.63) is 104 Å². The minimum Gasteiger partial charge on any atom is -0.465 e. The van der Waals surface area contributed by atoms with Crippen LogP contribution in [-0.4, -0.2) is 30.9 Å². The van der Waals surface area contributed by atoms with Crippen LogP contribution in [0.5, 0.6) is 11.5 Å². The van der Waals surface area contributed by atoms with Crippen LogP contribution in [0.4, 0.5) is 0 Å². The summed E-state index contributed by atoms with van der Waals surface area (Å²) in [6.07, 6.45) is 1.52. The van der Waals surface area contributed by atoms with Gasteiger partial charge in [0.15, 0.2) is 17.3 Å². The highest BCUT2D eigenvalue weighted by molar-refractivity contribution is 9.10. The SMILES string of the molecule is CC1=NC2=C(C(=O)C[C@@H](c3ccc(Cl)cc3)C2)[C@H](c2cc3c(cc2Br)OCO3)C1C(=O)OCCc1ccccc1. The lowest BCUT2D eigenvalue weighted by Crippen LogP contribution is -2.38. The van der Waals surface area contributed by atoms with Crippen LogP contribution in [0, 0.1) is 5.92 Å². The van der Waals surface area contributed by atoms with E-state index < -0.39 is 17.8 Å². The first-order valence-electron chi connectivity index (χ1n) is 13.3. The van der Waals surface area contributed by atoms with Crippen LogP contribution in [0.2, 0.25) is 5.02 Å². The first-order valence-corrected chi connectivity index (χ1v) is 14.4. The number of nitrogens with zero attached hydrogens (tertiary/aromatic N) is 1. The van der Waals surface area contributed by atoms with E-state index in [1.807, 2.05) is 73.7 Å². The molecule has 0 radical (unpaired) electrons. The second-order valence-corrected chi connectivity index (χ2v) is 11.6. The van der Waals surface area contributed by atoms with Gasteiger partial charge in [-0.2, -0.15) is 0 Å². The van der Waals surface area contributed by atoms with Gasteiger partial charge in [0.1, 0.15) is 5.92 Å². The molecule has 3 atom stereocenters. The zero-order valence-corrected chi connectivity index (χ0v) is 24.2. The molecule has 1 unspecified atom stereocenters. The molecule has 0 spiro atoms. The van der Waals surface area contributed by atoms with E-state index in [9.17, 15) is 9.59 Å². The molecule has 0 saturated carbocycles. The number of hydrogen-bond donors (Lipinski definition) is 0. The molecule has 2 heterocycles. The summed E-state index contributed by atoms with van der Waals surface area (Å²) in [4.78, 5) is 32.5. The van der Waals surface area contributed by atoms with E-state index in [1.165, 1.54) is 0 Å². The van der Waals surface area contributed by atoms with Crippen molar-refractivity contribution in [3.8, 4) is 11.5 Å². The second kappa shape index (κ2) is 11.2. The number of esters is 1. The Kier molecular flexibility index (Phi) is 7.51. The number of benzene rings is 3. The Bertz CT molecular complexity index is 1530. The number of Topliss-reactive ketones (excluding diaryl/α,β-unsaturated/α-hetero) is 1. The molecule has 0 aromatic heterocycles. The Morgan fingerprint density at radius 1 is 1.05 bits per heavy atom. The average Bonchev–Trinajstić information content (AvgIpc) is 3.40. The number of halogens is 2. The molecule has 2 aliphatic heterocycles. The number of aliphatic imine (C=N–C) groups is 1. The summed E-state index contributed by atoms with van der Waals surface area (Å²) in [5.74, 6) is -0.554. The van der Waals surface area contributed by atoms with Crippen molar-refractivity contribution >= 4 is 45.0 Å². The number of rotatable bonds is 6. The summed E-state index contributed by atoms with van der Waals surface area (Å²) in [6.45, 7) is 2.20. The van der Waals surface area contributed by atoms with E-state index in [2.05, 4.69) is 15.9 Å². The third kappa shape index (κ3) is 5.20.